The van der Waals surface area contributed by atoms with Gasteiger partial charge in [0.15, 0.2) is 11.5 Å². The van der Waals surface area contributed by atoms with E-state index in [2.05, 4.69) is 10.5 Å². The minimum absolute atomic E-state index is 0.456. The van der Waals surface area contributed by atoms with Gasteiger partial charge in [0.05, 0.1) is 31.2 Å². The number of benzene rings is 2. The largest absolute Gasteiger partial charge is 0.493 e. The third-order valence-corrected chi connectivity index (χ3v) is 3.11. The van der Waals surface area contributed by atoms with Gasteiger partial charge in [-0.25, -0.2) is 0 Å². The van der Waals surface area contributed by atoms with Crippen LogP contribution < -0.4 is 14.9 Å². The molecule has 0 aromatic heterocycles. The predicted molar refractivity (Wildman–Crippen MR) is 86.8 cm³/mol. The number of nitrogens with zero attached hydrogens (tertiary/aromatic N) is 1. The Morgan fingerprint density at radius 3 is 2.38 bits per heavy atom. The van der Waals surface area contributed by atoms with Gasteiger partial charge in [0.2, 0.25) is 0 Å². The van der Waals surface area contributed by atoms with Gasteiger partial charge in [-0.05, 0) is 55.0 Å². The van der Waals surface area contributed by atoms with Gasteiger partial charge in [-0.3, -0.25) is 5.43 Å². The van der Waals surface area contributed by atoms with Gasteiger partial charge in [-0.1, -0.05) is 0 Å². The second kappa shape index (κ2) is 7.72. The van der Waals surface area contributed by atoms with Crippen LogP contribution in [0.1, 0.15) is 18.1 Å². The van der Waals surface area contributed by atoms with E-state index in [0.29, 0.717) is 23.8 Å². The molecule has 128 valence electrons. The zero-order valence-corrected chi connectivity index (χ0v) is 13.2. The minimum Gasteiger partial charge on any atom is -0.493 e. The number of anilines is 1. The van der Waals surface area contributed by atoms with Crippen molar-refractivity contribution in [1.29, 1.82) is 0 Å². The summed E-state index contributed by atoms with van der Waals surface area (Å²) in [6, 6.07) is 9.95. The molecule has 0 heterocycles. The van der Waals surface area contributed by atoms with Crippen LogP contribution in [0.4, 0.5) is 18.9 Å². The molecule has 4 nitrogen and oxygen atoms in total. The molecule has 0 amide bonds. The first-order valence-corrected chi connectivity index (χ1v) is 7.21. The topological polar surface area (TPSA) is 42.8 Å². The fraction of sp³-hybridized carbons (Fsp3) is 0.235. The molecule has 0 fully saturated rings. The van der Waals surface area contributed by atoms with Gasteiger partial charge in [0, 0.05) is 0 Å². The Labute approximate surface area is 137 Å². The lowest BCUT2D eigenvalue weighted by atomic mass is 10.2. The highest BCUT2D eigenvalue weighted by Gasteiger charge is 2.29. The molecular formula is C17H17F3N2O2. The van der Waals surface area contributed by atoms with Crippen molar-refractivity contribution in [1.82, 2.24) is 0 Å². The van der Waals surface area contributed by atoms with Gasteiger partial charge in [0.25, 0.3) is 0 Å². The highest BCUT2D eigenvalue weighted by molar-refractivity contribution is 5.81. The summed E-state index contributed by atoms with van der Waals surface area (Å²) < 4.78 is 48.1. The van der Waals surface area contributed by atoms with Crippen molar-refractivity contribution in [3.05, 3.63) is 53.6 Å². The Bertz CT molecular complexity index is 698. The van der Waals surface area contributed by atoms with Crippen LogP contribution in [0.25, 0.3) is 0 Å². The smallest absolute Gasteiger partial charge is 0.416 e. The molecular weight excluding hydrogens is 321 g/mol. The molecule has 0 unspecified atom stereocenters. The molecule has 0 aliphatic carbocycles. The zero-order valence-electron chi connectivity index (χ0n) is 13.2. The first kappa shape index (κ1) is 17.7. The number of halogens is 3. The molecule has 0 spiro atoms. The lowest BCUT2D eigenvalue weighted by Gasteiger charge is -2.09. The van der Waals surface area contributed by atoms with E-state index in [1.165, 1.54) is 18.3 Å². The van der Waals surface area contributed by atoms with Crippen molar-refractivity contribution < 1.29 is 22.6 Å². The van der Waals surface area contributed by atoms with Gasteiger partial charge in [-0.2, -0.15) is 18.3 Å². The number of alkyl halides is 3. The van der Waals surface area contributed by atoms with Gasteiger partial charge < -0.3 is 9.47 Å². The van der Waals surface area contributed by atoms with Crippen molar-refractivity contribution in [2.24, 2.45) is 5.10 Å². The van der Waals surface area contributed by atoms with Gasteiger partial charge in [-0.15, -0.1) is 0 Å². The maximum absolute atomic E-state index is 12.5. The second-order valence-corrected chi connectivity index (χ2v) is 4.79. The predicted octanol–water partition coefficient (Wildman–Crippen LogP) is 4.56. The fourth-order valence-corrected chi connectivity index (χ4v) is 1.95. The zero-order chi connectivity index (χ0) is 17.6. The van der Waals surface area contributed by atoms with E-state index >= 15 is 0 Å². The summed E-state index contributed by atoms with van der Waals surface area (Å²) in [6.07, 6.45) is -2.81. The van der Waals surface area contributed by atoms with Crippen molar-refractivity contribution >= 4 is 11.9 Å². The molecule has 1 N–H and O–H groups in total. The van der Waals surface area contributed by atoms with Crippen LogP contribution >= 0.6 is 0 Å². The second-order valence-electron chi connectivity index (χ2n) is 4.79. The molecule has 0 saturated carbocycles. The first-order chi connectivity index (χ1) is 11.4. The molecule has 2 aromatic carbocycles. The normalized spacial score (nSPS) is 11.5. The maximum atomic E-state index is 12.5. The molecule has 2 rings (SSSR count). The molecule has 0 aliphatic rings. The lowest BCUT2D eigenvalue weighted by molar-refractivity contribution is -0.137. The lowest BCUT2D eigenvalue weighted by Crippen LogP contribution is -2.04. The molecule has 24 heavy (non-hydrogen) atoms. The minimum atomic E-state index is -4.35. The van der Waals surface area contributed by atoms with E-state index in [0.717, 1.165) is 17.7 Å². The standard InChI is InChI=1S/C17H17F3N2O2/c1-3-24-15-9-4-12(10-16(15)23-2)11-21-22-14-7-5-13(6-8-14)17(18,19)20/h4-11,22H,3H2,1-2H3/b21-11+. The molecule has 0 saturated heterocycles. The number of ether oxygens (including phenoxy) is 2. The molecule has 0 radical (unpaired) electrons. The maximum Gasteiger partial charge on any atom is 0.416 e. The highest BCUT2D eigenvalue weighted by Crippen LogP contribution is 2.30. The van der Waals surface area contributed by atoms with Crippen molar-refractivity contribution in [2.75, 3.05) is 19.1 Å². The molecule has 0 bridgehead atoms. The fourth-order valence-electron chi connectivity index (χ4n) is 1.95. The van der Waals surface area contributed by atoms with Crippen molar-refractivity contribution in [2.45, 2.75) is 13.1 Å². The van der Waals surface area contributed by atoms with Crippen LogP contribution in [0.15, 0.2) is 47.6 Å². The van der Waals surface area contributed by atoms with Crippen molar-refractivity contribution in [3.8, 4) is 11.5 Å². The number of rotatable bonds is 6. The summed E-state index contributed by atoms with van der Waals surface area (Å²) >= 11 is 0. The summed E-state index contributed by atoms with van der Waals surface area (Å²) in [4.78, 5) is 0. The summed E-state index contributed by atoms with van der Waals surface area (Å²) in [6.45, 7) is 2.40. The number of hydrogen-bond acceptors (Lipinski definition) is 4. The van der Waals surface area contributed by atoms with Crippen molar-refractivity contribution in [3.63, 3.8) is 0 Å². The molecule has 0 atom stereocenters. The summed E-state index contributed by atoms with van der Waals surface area (Å²) in [5, 5.41) is 4.00. The van der Waals surface area contributed by atoms with E-state index in [-0.39, 0.29) is 0 Å². The average Bonchev–Trinajstić information content (AvgIpc) is 2.56. The molecule has 0 aliphatic heterocycles. The third-order valence-electron chi connectivity index (χ3n) is 3.11. The van der Waals surface area contributed by atoms with Crippen LogP contribution in [0, 0.1) is 0 Å². The quantitative estimate of drug-likeness (QED) is 0.620. The Balaban J connectivity index is 2.03. The summed E-state index contributed by atoms with van der Waals surface area (Å²) in [5.74, 6) is 1.21. The Morgan fingerprint density at radius 2 is 1.79 bits per heavy atom. The third kappa shape index (κ3) is 4.65. The number of nitrogens with one attached hydrogen (secondary N) is 1. The van der Waals surface area contributed by atoms with E-state index in [1.54, 1.807) is 25.3 Å². The Morgan fingerprint density at radius 1 is 1.08 bits per heavy atom. The molecule has 7 heteroatoms. The Kier molecular flexibility index (Phi) is 5.68. The van der Waals surface area contributed by atoms with Gasteiger partial charge in [0.1, 0.15) is 0 Å². The van der Waals surface area contributed by atoms with E-state index in [9.17, 15) is 13.2 Å². The first-order valence-electron chi connectivity index (χ1n) is 7.21. The average molecular weight is 338 g/mol. The van der Waals surface area contributed by atoms with E-state index in [1.807, 2.05) is 6.92 Å². The SMILES string of the molecule is CCOc1ccc(/C=N/Nc2ccc(C(F)(F)F)cc2)cc1OC. The van der Waals surface area contributed by atoms with E-state index in [4.69, 9.17) is 9.47 Å². The Hall–Kier alpha value is -2.70. The van der Waals surface area contributed by atoms with Crippen LogP contribution in [-0.2, 0) is 6.18 Å². The number of hydrogen-bond donors (Lipinski definition) is 1. The van der Waals surface area contributed by atoms with Crippen LogP contribution in [-0.4, -0.2) is 19.9 Å². The molecule has 2 aromatic rings. The van der Waals surface area contributed by atoms with Crippen LogP contribution in [0.2, 0.25) is 0 Å². The van der Waals surface area contributed by atoms with Crippen LogP contribution in [0.5, 0.6) is 11.5 Å². The van der Waals surface area contributed by atoms with E-state index < -0.39 is 11.7 Å². The number of hydrazone groups is 1. The monoisotopic (exact) mass is 338 g/mol. The van der Waals surface area contributed by atoms with Crippen LogP contribution in [0.3, 0.4) is 0 Å². The van der Waals surface area contributed by atoms with Gasteiger partial charge >= 0.3 is 6.18 Å². The summed E-state index contributed by atoms with van der Waals surface area (Å²) in [7, 11) is 1.54. The highest BCUT2D eigenvalue weighted by atomic mass is 19.4. The number of methoxy groups -OCH3 is 1. The summed E-state index contributed by atoms with van der Waals surface area (Å²) in [5.41, 5.74) is 3.19.